The summed E-state index contributed by atoms with van der Waals surface area (Å²) in [6.45, 7) is -0.486. The Labute approximate surface area is 103 Å². The first-order chi connectivity index (χ1) is 8.50. The number of halogens is 2. The van der Waals surface area contributed by atoms with Crippen LogP contribution in [0.1, 0.15) is 10.4 Å². The molecule has 0 fully saturated rings. The van der Waals surface area contributed by atoms with Crippen LogP contribution in [0.3, 0.4) is 0 Å². The van der Waals surface area contributed by atoms with E-state index in [9.17, 15) is 13.6 Å². The average Bonchev–Trinajstić information content (AvgIpc) is 2.27. The SMILES string of the molecule is Nc1ccc(C(=O)NCCOCC(F)F)c(N)c1. The van der Waals surface area contributed by atoms with Gasteiger partial charge in [0.1, 0.15) is 6.61 Å². The second-order valence-corrected chi connectivity index (χ2v) is 3.57. The molecule has 1 amide bonds. The summed E-state index contributed by atoms with van der Waals surface area (Å²) in [5, 5.41) is 2.50. The fourth-order valence-corrected chi connectivity index (χ4v) is 1.29. The molecule has 5 N–H and O–H groups in total. The highest BCUT2D eigenvalue weighted by Crippen LogP contribution is 2.15. The molecular weight excluding hydrogens is 244 g/mol. The standard InChI is InChI=1S/C11H15F2N3O2/c12-10(13)6-18-4-3-16-11(17)8-2-1-7(14)5-9(8)15/h1-2,5,10H,3-4,6,14-15H2,(H,16,17). The van der Waals surface area contributed by atoms with Crippen molar-refractivity contribution in [2.75, 3.05) is 31.2 Å². The molecule has 0 unspecified atom stereocenters. The second-order valence-electron chi connectivity index (χ2n) is 3.57. The van der Waals surface area contributed by atoms with E-state index >= 15 is 0 Å². The van der Waals surface area contributed by atoms with E-state index in [4.69, 9.17) is 11.5 Å². The van der Waals surface area contributed by atoms with E-state index in [0.717, 1.165) is 0 Å². The number of hydrogen-bond donors (Lipinski definition) is 3. The van der Waals surface area contributed by atoms with Gasteiger partial charge in [-0.05, 0) is 18.2 Å². The van der Waals surface area contributed by atoms with Crippen LogP contribution >= 0.6 is 0 Å². The second kappa shape index (κ2) is 6.75. The third kappa shape index (κ3) is 4.54. The summed E-state index contributed by atoms with van der Waals surface area (Å²) in [7, 11) is 0. The molecule has 0 aromatic heterocycles. The lowest BCUT2D eigenvalue weighted by molar-refractivity contribution is 0.0188. The van der Waals surface area contributed by atoms with Crippen LogP contribution in [0.2, 0.25) is 0 Å². The van der Waals surface area contributed by atoms with Gasteiger partial charge in [0.25, 0.3) is 12.3 Å². The molecular formula is C11H15F2N3O2. The summed E-state index contributed by atoms with van der Waals surface area (Å²) in [5.41, 5.74) is 12.1. The molecule has 1 aromatic carbocycles. The van der Waals surface area contributed by atoms with E-state index in [1.807, 2.05) is 0 Å². The number of nitrogens with one attached hydrogen (secondary N) is 1. The van der Waals surface area contributed by atoms with Crippen LogP contribution in [0.25, 0.3) is 0 Å². The highest BCUT2D eigenvalue weighted by Gasteiger charge is 2.09. The van der Waals surface area contributed by atoms with E-state index in [0.29, 0.717) is 5.69 Å². The largest absolute Gasteiger partial charge is 0.399 e. The Morgan fingerprint density at radius 3 is 2.72 bits per heavy atom. The molecule has 5 nitrogen and oxygen atoms in total. The van der Waals surface area contributed by atoms with Crippen molar-refractivity contribution < 1.29 is 18.3 Å². The van der Waals surface area contributed by atoms with Gasteiger partial charge >= 0.3 is 0 Å². The van der Waals surface area contributed by atoms with Gasteiger partial charge in [0.05, 0.1) is 12.2 Å². The Morgan fingerprint density at radius 1 is 1.39 bits per heavy atom. The molecule has 0 bridgehead atoms. The van der Waals surface area contributed by atoms with E-state index < -0.39 is 18.9 Å². The Morgan fingerprint density at radius 2 is 2.11 bits per heavy atom. The lowest BCUT2D eigenvalue weighted by Gasteiger charge is -2.08. The molecule has 0 aliphatic heterocycles. The minimum atomic E-state index is -2.51. The quantitative estimate of drug-likeness (QED) is 0.522. The predicted octanol–water partition coefficient (Wildman–Crippen LogP) is 0.862. The number of alkyl halides is 2. The Balaban J connectivity index is 2.36. The van der Waals surface area contributed by atoms with Crippen molar-refractivity contribution in [3.05, 3.63) is 23.8 Å². The van der Waals surface area contributed by atoms with Crippen LogP contribution in [0.4, 0.5) is 20.2 Å². The summed E-state index contributed by atoms with van der Waals surface area (Å²) >= 11 is 0. The zero-order valence-electron chi connectivity index (χ0n) is 9.66. The van der Waals surface area contributed by atoms with Gasteiger partial charge in [-0.3, -0.25) is 4.79 Å². The maximum atomic E-state index is 11.7. The minimum absolute atomic E-state index is 0.0188. The van der Waals surface area contributed by atoms with E-state index in [1.54, 1.807) is 6.07 Å². The third-order valence-corrected chi connectivity index (χ3v) is 2.10. The molecule has 0 atom stereocenters. The van der Waals surface area contributed by atoms with Crippen molar-refractivity contribution in [1.29, 1.82) is 0 Å². The molecule has 0 saturated carbocycles. The first kappa shape index (κ1) is 14.2. The molecule has 0 spiro atoms. The number of carbonyl (C=O) groups is 1. The molecule has 0 saturated heterocycles. The van der Waals surface area contributed by atoms with E-state index in [1.165, 1.54) is 12.1 Å². The number of carbonyl (C=O) groups excluding carboxylic acids is 1. The van der Waals surface area contributed by atoms with Gasteiger partial charge < -0.3 is 21.5 Å². The number of ether oxygens (including phenoxy) is 1. The molecule has 100 valence electrons. The fourth-order valence-electron chi connectivity index (χ4n) is 1.29. The van der Waals surface area contributed by atoms with Gasteiger partial charge in [0.2, 0.25) is 0 Å². The Bertz CT molecular complexity index is 413. The van der Waals surface area contributed by atoms with Crippen molar-refractivity contribution in [3.8, 4) is 0 Å². The molecule has 0 heterocycles. The number of nitrogen functional groups attached to an aromatic ring is 2. The first-order valence-electron chi connectivity index (χ1n) is 5.30. The lowest BCUT2D eigenvalue weighted by Crippen LogP contribution is -2.28. The normalized spacial score (nSPS) is 10.6. The van der Waals surface area contributed by atoms with Gasteiger partial charge in [-0.25, -0.2) is 8.78 Å². The number of rotatable bonds is 6. The maximum absolute atomic E-state index is 11.7. The van der Waals surface area contributed by atoms with Gasteiger partial charge in [-0.1, -0.05) is 0 Å². The number of benzene rings is 1. The summed E-state index contributed by atoms with van der Waals surface area (Å²) in [4.78, 5) is 11.6. The van der Waals surface area contributed by atoms with Gasteiger partial charge in [-0.15, -0.1) is 0 Å². The molecule has 0 radical (unpaired) electrons. The van der Waals surface area contributed by atoms with Gasteiger partial charge in [0, 0.05) is 17.9 Å². The van der Waals surface area contributed by atoms with Crippen LogP contribution in [-0.2, 0) is 4.74 Å². The van der Waals surface area contributed by atoms with Crippen molar-refractivity contribution >= 4 is 17.3 Å². The van der Waals surface area contributed by atoms with Crippen molar-refractivity contribution in [3.63, 3.8) is 0 Å². The van der Waals surface area contributed by atoms with Crippen molar-refractivity contribution in [2.24, 2.45) is 0 Å². The van der Waals surface area contributed by atoms with Crippen LogP contribution in [0.5, 0.6) is 0 Å². The minimum Gasteiger partial charge on any atom is -0.399 e. The molecule has 0 aliphatic rings. The Hall–Kier alpha value is -1.89. The van der Waals surface area contributed by atoms with E-state index in [2.05, 4.69) is 10.1 Å². The summed E-state index contributed by atoms with van der Waals surface area (Å²) in [6, 6.07) is 4.53. The Kier molecular flexibility index (Phi) is 5.31. The van der Waals surface area contributed by atoms with Crippen LogP contribution in [0.15, 0.2) is 18.2 Å². The van der Waals surface area contributed by atoms with Crippen molar-refractivity contribution in [1.82, 2.24) is 5.32 Å². The van der Waals surface area contributed by atoms with Gasteiger partial charge in [-0.2, -0.15) is 0 Å². The monoisotopic (exact) mass is 259 g/mol. The zero-order chi connectivity index (χ0) is 13.5. The fraction of sp³-hybridized carbons (Fsp3) is 0.364. The molecule has 18 heavy (non-hydrogen) atoms. The third-order valence-electron chi connectivity index (χ3n) is 2.10. The highest BCUT2D eigenvalue weighted by molar-refractivity contribution is 5.99. The average molecular weight is 259 g/mol. The smallest absolute Gasteiger partial charge is 0.261 e. The molecule has 1 aromatic rings. The molecule has 7 heteroatoms. The molecule has 1 rings (SSSR count). The highest BCUT2D eigenvalue weighted by atomic mass is 19.3. The number of amides is 1. The first-order valence-corrected chi connectivity index (χ1v) is 5.30. The lowest BCUT2D eigenvalue weighted by atomic mass is 10.1. The van der Waals surface area contributed by atoms with E-state index in [-0.39, 0.29) is 24.4 Å². The predicted molar refractivity (Wildman–Crippen MR) is 64.4 cm³/mol. The zero-order valence-corrected chi connectivity index (χ0v) is 9.66. The number of anilines is 2. The summed E-state index contributed by atoms with van der Waals surface area (Å²) in [6.07, 6.45) is -2.51. The van der Waals surface area contributed by atoms with Crippen LogP contribution in [0, 0.1) is 0 Å². The molecule has 0 aliphatic carbocycles. The summed E-state index contributed by atoms with van der Waals surface area (Å²) < 4.78 is 28.1. The van der Waals surface area contributed by atoms with Crippen LogP contribution in [-0.4, -0.2) is 32.1 Å². The van der Waals surface area contributed by atoms with Gasteiger partial charge in [0.15, 0.2) is 0 Å². The summed E-state index contributed by atoms with van der Waals surface area (Å²) in [5.74, 6) is -0.395. The van der Waals surface area contributed by atoms with Crippen molar-refractivity contribution in [2.45, 2.75) is 6.43 Å². The van der Waals surface area contributed by atoms with Crippen LogP contribution < -0.4 is 16.8 Å². The number of hydrogen-bond acceptors (Lipinski definition) is 4. The maximum Gasteiger partial charge on any atom is 0.261 e. The topological polar surface area (TPSA) is 90.4 Å². The number of nitrogens with two attached hydrogens (primary N) is 2.